The molecule has 0 bridgehead atoms. The summed E-state index contributed by atoms with van der Waals surface area (Å²) in [5, 5.41) is 0. The summed E-state index contributed by atoms with van der Waals surface area (Å²) < 4.78 is 0. The molecule has 84 valence electrons. The van der Waals surface area contributed by atoms with Crippen molar-refractivity contribution >= 4 is 16.9 Å². The molecule has 1 heterocycles. The van der Waals surface area contributed by atoms with Gasteiger partial charge in [0.15, 0.2) is 5.82 Å². The zero-order valence-corrected chi connectivity index (χ0v) is 9.57. The first kappa shape index (κ1) is 10.8. The number of hydrogen-bond acceptors (Lipinski definition) is 4. The van der Waals surface area contributed by atoms with Gasteiger partial charge in [-0.2, -0.15) is 0 Å². The number of fused-ring (bicyclic) bond motifs is 1. The maximum Gasteiger partial charge on any atom is 0.162 e. The van der Waals surface area contributed by atoms with Crippen molar-refractivity contribution < 1.29 is 0 Å². The lowest BCUT2D eigenvalue weighted by atomic mass is 10.1. The van der Waals surface area contributed by atoms with Crippen molar-refractivity contribution in [2.45, 2.75) is 20.3 Å². The van der Waals surface area contributed by atoms with Gasteiger partial charge in [0.2, 0.25) is 0 Å². The Morgan fingerprint density at radius 1 is 1.19 bits per heavy atom. The molecule has 4 heteroatoms. The van der Waals surface area contributed by atoms with E-state index in [4.69, 9.17) is 5.84 Å². The van der Waals surface area contributed by atoms with Gasteiger partial charge in [-0.25, -0.2) is 15.8 Å². The zero-order chi connectivity index (χ0) is 11.5. The summed E-state index contributed by atoms with van der Waals surface area (Å²) >= 11 is 0. The van der Waals surface area contributed by atoms with E-state index in [1.807, 2.05) is 24.3 Å². The first-order valence-corrected chi connectivity index (χ1v) is 5.43. The van der Waals surface area contributed by atoms with E-state index >= 15 is 0 Å². The lowest BCUT2D eigenvalue weighted by molar-refractivity contribution is 0.636. The molecule has 0 radical (unpaired) electrons. The topological polar surface area (TPSA) is 63.8 Å². The first-order chi connectivity index (χ1) is 7.70. The fraction of sp³-hybridized carbons (Fsp3) is 0.333. The van der Waals surface area contributed by atoms with Crippen LogP contribution in [0.5, 0.6) is 0 Å². The molecular formula is C12H16N4. The predicted molar refractivity (Wildman–Crippen MR) is 65.9 cm³/mol. The summed E-state index contributed by atoms with van der Waals surface area (Å²) in [5.74, 6) is 6.67. The molecule has 16 heavy (non-hydrogen) atoms. The second-order valence-electron chi connectivity index (χ2n) is 4.25. The highest BCUT2D eigenvalue weighted by Crippen LogP contribution is 2.18. The van der Waals surface area contributed by atoms with Gasteiger partial charge in [0, 0.05) is 0 Å². The van der Waals surface area contributed by atoms with Crippen LogP contribution >= 0.6 is 0 Å². The molecule has 0 saturated carbocycles. The summed E-state index contributed by atoms with van der Waals surface area (Å²) in [6, 6.07) is 7.81. The van der Waals surface area contributed by atoms with E-state index in [0.717, 1.165) is 23.1 Å². The highest BCUT2D eigenvalue weighted by Gasteiger charge is 2.08. The third-order valence-corrected chi connectivity index (χ3v) is 2.38. The van der Waals surface area contributed by atoms with Crippen molar-refractivity contribution in [3.05, 3.63) is 30.0 Å². The van der Waals surface area contributed by atoms with E-state index in [2.05, 4.69) is 29.2 Å². The Balaban J connectivity index is 2.53. The first-order valence-electron chi connectivity index (χ1n) is 5.43. The van der Waals surface area contributed by atoms with Crippen LogP contribution in [0.4, 0.5) is 5.82 Å². The molecule has 0 fully saturated rings. The van der Waals surface area contributed by atoms with Crippen LogP contribution in [0.1, 0.15) is 19.5 Å². The third kappa shape index (κ3) is 2.12. The van der Waals surface area contributed by atoms with Crippen LogP contribution < -0.4 is 11.3 Å². The lowest BCUT2D eigenvalue weighted by Crippen LogP contribution is -2.13. The van der Waals surface area contributed by atoms with Crippen molar-refractivity contribution in [3.8, 4) is 0 Å². The van der Waals surface area contributed by atoms with Crippen LogP contribution in [0.2, 0.25) is 0 Å². The minimum absolute atomic E-state index is 0.530. The molecule has 2 rings (SSSR count). The van der Waals surface area contributed by atoms with Crippen molar-refractivity contribution in [2.75, 3.05) is 5.43 Å². The fourth-order valence-electron chi connectivity index (χ4n) is 1.68. The maximum atomic E-state index is 5.46. The van der Waals surface area contributed by atoms with E-state index in [1.165, 1.54) is 0 Å². The van der Waals surface area contributed by atoms with Crippen molar-refractivity contribution in [1.29, 1.82) is 0 Å². The Bertz CT molecular complexity index is 493. The van der Waals surface area contributed by atoms with E-state index in [1.54, 1.807) is 0 Å². The number of hydrazine groups is 1. The molecule has 0 aliphatic heterocycles. The Hall–Kier alpha value is -1.68. The Labute approximate surface area is 94.9 Å². The van der Waals surface area contributed by atoms with E-state index in [-0.39, 0.29) is 0 Å². The van der Waals surface area contributed by atoms with Gasteiger partial charge >= 0.3 is 0 Å². The van der Waals surface area contributed by atoms with Gasteiger partial charge in [-0.3, -0.25) is 0 Å². The number of rotatable bonds is 3. The summed E-state index contributed by atoms with van der Waals surface area (Å²) in [6.07, 6.45) is 0.872. The van der Waals surface area contributed by atoms with Gasteiger partial charge in [0.25, 0.3) is 0 Å². The molecule has 0 aliphatic carbocycles. The van der Waals surface area contributed by atoms with Crippen LogP contribution in [-0.2, 0) is 6.42 Å². The number of hydrogen-bond donors (Lipinski definition) is 2. The number of nitrogens with two attached hydrogens (primary N) is 1. The molecule has 0 aliphatic rings. The van der Waals surface area contributed by atoms with Gasteiger partial charge in [-0.1, -0.05) is 26.0 Å². The molecule has 0 amide bonds. The number of nitrogens with one attached hydrogen (secondary N) is 1. The molecule has 1 aromatic carbocycles. The minimum atomic E-state index is 0.530. The molecular weight excluding hydrogens is 200 g/mol. The minimum Gasteiger partial charge on any atom is -0.307 e. The monoisotopic (exact) mass is 216 g/mol. The van der Waals surface area contributed by atoms with Crippen molar-refractivity contribution in [2.24, 2.45) is 11.8 Å². The fourth-order valence-corrected chi connectivity index (χ4v) is 1.68. The number of benzene rings is 1. The van der Waals surface area contributed by atoms with Gasteiger partial charge in [0.1, 0.15) is 0 Å². The van der Waals surface area contributed by atoms with Crippen molar-refractivity contribution in [1.82, 2.24) is 9.97 Å². The number of nitrogens with zero attached hydrogens (tertiary/aromatic N) is 2. The van der Waals surface area contributed by atoms with Crippen LogP contribution in [0.15, 0.2) is 24.3 Å². The zero-order valence-electron chi connectivity index (χ0n) is 9.57. The molecule has 0 unspecified atom stereocenters. The SMILES string of the molecule is CC(C)Cc1nc2ccccc2nc1NN. The second-order valence-corrected chi connectivity index (χ2v) is 4.25. The van der Waals surface area contributed by atoms with Gasteiger partial charge in [-0.05, 0) is 24.5 Å². The highest BCUT2D eigenvalue weighted by atomic mass is 15.3. The van der Waals surface area contributed by atoms with Gasteiger partial charge in [-0.15, -0.1) is 0 Å². The number of para-hydroxylation sites is 2. The normalized spacial score (nSPS) is 11.0. The van der Waals surface area contributed by atoms with Crippen LogP contribution in [-0.4, -0.2) is 9.97 Å². The molecule has 3 N–H and O–H groups in total. The van der Waals surface area contributed by atoms with Crippen molar-refractivity contribution in [3.63, 3.8) is 0 Å². The summed E-state index contributed by atoms with van der Waals surface area (Å²) in [6.45, 7) is 4.30. The smallest absolute Gasteiger partial charge is 0.162 e. The van der Waals surface area contributed by atoms with E-state index < -0.39 is 0 Å². The number of aromatic nitrogens is 2. The van der Waals surface area contributed by atoms with Gasteiger partial charge < -0.3 is 5.43 Å². The maximum absolute atomic E-state index is 5.46. The van der Waals surface area contributed by atoms with E-state index in [0.29, 0.717) is 11.7 Å². The number of anilines is 1. The Kier molecular flexibility index (Phi) is 3.01. The largest absolute Gasteiger partial charge is 0.307 e. The molecule has 2 aromatic rings. The molecule has 0 saturated heterocycles. The van der Waals surface area contributed by atoms with E-state index in [9.17, 15) is 0 Å². The molecule has 0 spiro atoms. The molecule has 1 aromatic heterocycles. The number of nitrogen functional groups attached to an aromatic ring is 1. The Morgan fingerprint density at radius 3 is 2.38 bits per heavy atom. The average Bonchev–Trinajstić information content (AvgIpc) is 2.27. The lowest BCUT2D eigenvalue weighted by Gasteiger charge is -2.10. The predicted octanol–water partition coefficient (Wildman–Crippen LogP) is 2.11. The third-order valence-electron chi connectivity index (χ3n) is 2.38. The van der Waals surface area contributed by atoms with Crippen LogP contribution in [0.3, 0.4) is 0 Å². The average molecular weight is 216 g/mol. The van der Waals surface area contributed by atoms with Crippen LogP contribution in [0, 0.1) is 5.92 Å². The second kappa shape index (κ2) is 4.45. The quantitative estimate of drug-likeness (QED) is 0.609. The standard InChI is InChI=1S/C12H16N4/c1-8(2)7-11-12(16-13)15-10-6-4-3-5-9(10)14-11/h3-6,8H,7,13H2,1-2H3,(H,15,16). The molecule has 0 atom stereocenters. The summed E-state index contributed by atoms with van der Waals surface area (Å²) in [7, 11) is 0. The summed E-state index contributed by atoms with van der Waals surface area (Å²) in [5.41, 5.74) is 5.32. The summed E-state index contributed by atoms with van der Waals surface area (Å²) in [4.78, 5) is 9.03. The Morgan fingerprint density at radius 2 is 1.81 bits per heavy atom. The highest BCUT2D eigenvalue weighted by molar-refractivity contribution is 5.76. The molecule has 4 nitrogen and oxygen atoms in total. The van der Waals surface area contributed by atoms with Crippen LogP contribution in [0.25, 0.3) is 11.0 Å². The van der Waals surface area contributed by atoms with Gasteiger partial charge in [0.05, 0.1) is 16.7 Å².